The summed E-state index contributed by atoms with van der Waals surface area (Å²) in [5.41, 5.74) is 2.30. The van der Waals surface area contributed by atoms with Gasteiger partial charge in [-0.2, -0.15) is 0 Å². The van der Waals surface area contributed by atoms with Crippen LogP contribution in [0.3, 0.4) is 0 Å². The zero-order valence-electron chi connectivity index (χ0n) is 10.4. The zero-order chi connectivity index (χ0) is 13.0. The van der Waals surface area contributed by atoms with Crippen molar-refractivity contribution >= 4 is 28.4 Å². The molecule has 0 unspecified atom stereocenters. The molecule has 18 heavy (non-hydrogen) atoms. The van der Waals surface area contributed by atoms with Crippen molar-refractivity contribution in [2.24, 2.45) is 0 Å². The first-order valence-corrected chi connectivity index (χ1v) is 6.76. The minimum atomic E-state index is 0.686. The second-order valence-corrected chi connectivity index (χ2v) is 5.24. The van der Waals surface area contributed by atoms with Crippen molar-refractivity contribution in [3.05, 3.63) is 57.3 Å². The molecule has 0 spiro atoms. The highest BCUT2D eigenvalue weighted by atomic mass is 127. The number of hydrogen-bond acceptors (Lipinski definition) is 3. The third-order valence-corrected chi connectivity index (χ3v) is 3.32. The Hall–Kier alpha value is -1.14. The molecule has 4 heteroatoms. The molecule has 2 rings (SSSR count). The van der Waals surface area contributed by atoms with Crippen molar-refractivity contribution in [1.29, 1.82) is 0 Å². The number of aryl methyl sites for hydroxylation is 1. The van der Waals surface area contributed by atoms with E-state index in [1.165, 1.54) is 9.13 Å². The Balaban J connectivity index is 2.23. The molecule has 0 N–H and O–H groups in total. The van der Waals surface area contributed by atoms with E-state index in [4.69, 9.17) is 4.84 Å². The predicted molar refractivity (Wildman–Crippen MR) is 81.3 cm³/mol. The molecule has 0 amide bonds. The molecule has 0 aliphatic heterocycles. The van der Waals surface area contributed by atoms with Crippen molar-refractivity contribution in [3.8, 4) is 0 Å². The number of hydrogen-bond donors (Lipinski definition) is 0. The van der Waals surface area contributed by atoms with Crippen LogP contribution in [0.25, 0.3) is 0 Å². The van der Waals surface area contributed by atoms with Crippen LogP contribution < -0.4 is 5.06 Å². The largest absolute Gasteiger partial charge is 0.275 e. The van der Waals surface area contributed by atoms with Crippen LogP contribution in [0.2, 0.25) is 0 Å². The van der Waals surface area contributed by atoms with Gasteiger partial charge < -0.3 is 0 Å². The molecule has 0 saturated carbocycles. The van der Waals surface area contributed by atoms with Crippen LogP contribution >= 0.6 is 22.6 Å². The second kappa shape index (κ2) is 6.15. The Morgan fingerprint density at radius 1 is 1.28 bits per heavy atom. The Kier molecular flexibility index (Phi) is 4.54. The van der Waals surface area contributed by atoms with Crippen molar-refractivity contribution in [1.82, 2.24) is 4.98 Å². The van der Waals surface area contributed by atoms with Crippen LogP contribution in [0.5, 0.6) is 0 Å². The Labute approximate surface area is 121 Å². The monoisotopic (exact) mass is 354 g/mol. The van der Waals surface area contributed by atoms with Gasteiger partial charge in [0.15, 0.2) is 5.82 Å². The molecular weight excluding hydrogens is 339 g/mol. The van der Waals surface area contributed by atoms with E-state index in [1.807, 2.05) is 19.1 Å². The molecule has 94 valence electrons. The highest BCUT2D eigenvalue weighted by Crippen LogP contribution is 2.19. The molecule has 1 aromatic heterocycles. The van der Waals surface area contributed by atoms with E-state index in [0.717, 1.165) is 11.4 Å². The lowest BCUT2D eigenvalue weighted by molar-refractivity contribution is 0.160. The van der Waals surface area contributed by atoms with E-state index in [2.05, 4.69) is 51.8 Å². The fourth-order valence-corrected chi connectivity index (χ4v) is 2.37. The smallest absolute Gasteiger partial charge is 0.155 e. The zero-order valence-corrected chi connectivity index (χ0v) is 12.6. The van der Waals surface area contributed by atoms with Crippen LogP contribution in [0.4, 0.5) is 5.82 Å². The van der Waals surface area contributed by atoms with Gasteiger partial charge in [-0.1, -0.05) is 18.2 Å². The van der Waals surface area contributed by atoms with Gasteiger partial charge in [-0.15, -0.1) is 0 Å². The van der Waals surface area contributed by atoms with Gasteiger partial charge >= 0.3 is 0 Å². The number of pyridine rings is 1. The number of nitrogens with zero attached hydrogens (tertiary/aromatic N) is 2. The summed E-state index contributed by atoms with van der Waals surface area (Å²) < 4.78 is 1.22. The van der Waals surface area contributed by atoms with Gasteiger partial charge in [0.25, 0.3) is 0 Å². The van der Waals surface area contributed by atoms with Gasteiger partial charge in [-0.25, -0.2) is 10.0 Å². The van der Waals surface area contributed by atoms with E-state index in [-0.39, 0.29) is 0 Å². The second-order valence-electron chi connectivity index (χ2n) is 3.99. The SMILES string of the molecule is CON(Cc1cccc(I)c1)c1ncccc1C. The number of aromatic nitrogens is 1. The first-order valence-electron chi connectivity index (χ1n) is 5.68. The van der Waals surface area contributed by atoms with Gasteiger partial charge in [0.2, 0.25) is 0 Å². The first kappa shape index (κ1) is 13.3. The van der Waals surface area contributed by atoms with E-state index in [1.54, 1.807) is 18.4 Å². The Morgan fingerprint density at radius 2 is 2.11 bits per heavy atom. The summed E-state index contributed by atoms with van der Waals surface area (Å²) in [6.45, 7) is 2.72. The summed E-state index contributed by atoms with van der Waals surface area (Å²) in [7, 11) is 1.67. The molecule has 3 nitrogen and oxygen atoms in total. The Bertz CT molecular complexity index is 531. The summed E-state index contributed by atoms with van der Waals surface area (Å²) in [6.07, 6.45) is 1.78. The molecule has 0 fully saturated rings. The topological polar surface area (TPSA) is 25.4 Å². The summed E-state index contributed by atoms with van der Waals surface area (Å²) >= 11 is 2.31. The molecule has 0 saturated heterocycles. The maximum absolute atomic E-state index is 5.43. The maximum Gasteiger partial charge on any atom is 0.155 e. The molecule has 1 aromatic carbocycles. The van der Waals surface area contributed by atoms with Crippen molar-refractivity contribution < 1.29 is 4.84 Å². The minimum absolute atomic E-state index is 0.686. The fraction of sp³-hybridized carbons (Fsp3) is 0.214. The number of hydroxylamine groups is 1. The third-order valence-electron chi connectivity index (χ3n) is 2.65. The number of benzene rings is 1. The molecule has 1 heterocycles. The average molecular weight is 354 g/mol. The van der Waals surface area contributed by atoms with E-state index < -0.39 is 0 Å². The van der Waals surface area contributed by atoms with Crippen LogP contribution in [0.15, 0.2) is 42.6 Å². The standard InChI is InChI=1S/C14H15IN2O/c1-11-5-4-8-16-14(11)17(18-2)10-12-6-3-7-13(15)9-12/h3-9H,10H2,1-2H3. The predicted octanol–water partition coefficient (Wildman–Crippen LogP) is 3.56. The molecule has 0 bridgehead atoms. The molecule has 2 aromatic rings. The highest BCUT2D eigenvalue weighted by molar-refractivity contribution is 14.1. The van der Waals surface area contributed by atoms with E-state index in [0.29, 0.717) is 6.54 Å². The van der Waals surface area contributed by atoms with Crippen LogP contribution in [-0.4, -0.2) is 12.1 Å². The van der Waals surface area contributed by atoms with E-state index in [9.17, 15) is 0 Å². The van der Waals surface area contributed by atoms with Crippen LogP contribution in [0, 0.1) is 10.5 Å². The molecular formula is C14H15IN2O. The Morgan fingerprint density at radius 3 is 2.78 bits per heavy atom. The quantitative estimate of drug-likeness (QED) is 0.620. The molecule has 0 atom stereocenters. The number of halogens is 1. The summed E-state index contributed by atoms with van der Waals surface area (Å²) in [5.74, 6) is 0.860. The van der Waals surface area contributed by atoms with Gasteiger partial charge in [0.05, 0.1) is 13.7 Å². The summed E-state index contributed by atoms with van der Waals surface area (Å²) in [6, 6.07) is 12.3. The lowest BCUT2D eigenvalue weighted by Gasteiger charge is -2.22. The van der Waals surface area contributed by atoms with Crippen molar-refractivity contribution in [2.45, 2.75) is 13.5 Å². The van der Waals surface area contributed by atoms with E-state index >= 15 is 0 Å². The molecule has 0 radical (unpaired) electrons. The highest BCUT2D eigenvalue weighted by Gasteiger charge is 2.10. The van der Waals surface area contributed by atoms with Gasteiger partial charge in [-0.3, -0.25) is 4.84 Å². The average Bonchev–Trinajstić information content (AvgIpc) is 2.37. The summed E-state index contributed by atoms with van der Waals surface area (Å²) in [5, 5.41) is 1.81. The van der Waals surface area contributed by atoms with Crippen LogP contribution in [-0.2, 0) is 11.4 Å². The lowest BCUT2D eigenvalue weighted by Crippen LogP contribution is -2.23. The van der Waals surface area contributed by atoms with Gasteiger partial charge in [0, 0.05) is 9.77 Å². The minimum Gasteiger partial charge on any atom is -0.275 e. The lowest BCUT2D eigenvalue weighted by atomic mass is 10.2. The first-order chi connectivity index (χ1) is 8.70. The third kappa shape index (κ3) is 3.20. The normalized spacial score (nSPS) is 10.4. The molecule has 0 aliphatic carbocycles. The van der Waals surface area contributed by atoms with Crippen LogP contribution in [0.1, 0.15) is 11.1 Å². The fourth-order valence-electron chi connectivity index (χ4n) is 1.77. The number of rotatable bonds is 4. The molecule has 0 aliphatic rings. The summed E-state index contributed by atoms with van der Waals surface area (Å²) in [4.78, 5) is 9.80. The van der Waals surface area contributed by atoms with Crippen molar-refractivity contribution in [3.63, 3.8) is 0 Å². The maximum atomic E-state index is 5.43. The number of anilines is 1. The van der Waals surface area contributed by atoms with Crippen molar-refractivity contribution in [2.75, 3.05) is 12.2 Å². The van der Waals surface area contributed by atoms with Gasteiger partial charge in [0.1, 0.15) is 0 Å². The van der Waals surface area contributed by atoms with Gasteiger partial charge in [-0.05, 0) is 58.8 Å².